The van der Waals surface area contributed by atoms with Crippen LogP contribution >= 0.6 is 22.9 Å². The monoisotopic (exact) mass is 420 g/mol. The van der Waals surface area contributed by atoms with Crippen LogP contribution in [-0.4, -0.2) is 40.8 Å². The van der Waals surface area contributed by atoms with Crippen LogP contribution in [0.5, 0.6) is 0 Å². The number of carbonyl (C=O) groups is 3. The number of hydrogen-bond donors (Lipinski definition) is 2. The minimum atomic E-state index is -1.12. The fraction of sp³-hybridized carbons (Fsp3) is 0.222. The third kappa shape index (κ3) is 4.00. The molecule has 0 saturated carbocycles. The third-order valence-electron chi connectivity index (χ3n) is 3.93. The van der Waals surface area contributed by atoms with Crippen molar-refractivity contribution in [3.8, 4) is 5.69 Å². The van der Waals surface area contributed by atoms with Crippen molar-refractivity contribution in [3.05, 3.63) is 45.9 Å². The van der Waals surface area contributed by atoms with Crippen LogP contribution < -0.4 is 10.6 Å². The number of rotatable bonds is 4. The lowest BCUT2D eigenvalue weighted by molar-refractivity contribution is -0.127. The van der Waals surface area contributed by atoms with Gasteiger partial charge in [0.15, 0.2) is 6.10 Å². The minimum Gasteiger partial charge on any atom is -0.448 e. The number of fused-ring (bicyclic) bond motifs is 1. The number of hydrogen-bond acceptors (Lipinski definition) is 6. The number of urea groups is 1. The molecule has 1 aromatic carbocycles. The Kier molecular flexibility index (Phi) is 5.66. The molecule has 0 bridgehead atoms. The first-order valence-electron chi connectivity index (χ1n) is 8.28. The van der Waals surface area contributed by atoms with Crippen LogP contribution in [0, 0.1) is 6.92 Å². The van der Waals surface area contributed by atoms with E-state index in [0.29, 0.717) is 9.90 Å². The second-order valence-corrected chi connectivity index (χ2v) is 7.39. The van der Waals surface area contributed by atoms with Gasteiger partial charge in [-0.1, -0.05) is 11.6 Å². The standard InChI is InChI=1S/C18H17ClN4O4S/c1-9-13-8-14(17(25)27-10(2)15(24)21-18(26)20-3)28-16(13)23(22-9)12-6-4-11(19)5-7-12/h4-8,10H,1-3H3,(H2,20,21,24,26). The summed E-state index contributed by atoms with van der Waals surface area (Å²) >= 11 is 7.14. The van der Waals surface area contributed by atoms with Crippen LogP contribution in [-0.2, 0) is 9.53 Å². The van der Waals surface area contributed by atoms with E-state index in [1.165, 1.54) is 25.3 Å². The van der Waals surface area contributed by atoms with E-state index in [4.69, 9.17) is 16.3 Å². The zero-order valence-corrected chi connectivity index (χ0v) is 16.9. The molecular formula is C18H17ClN4O4S. The van der Waals surface area contributed by atoms with E-state index in [1.807, 2.05) is 19.1 Å². The quantitative estimate of drug-likeness (QED) is 0.631. The number of amides is 3. The molecule has 1 unspecified atom stereocenters. The van der Waals surface area contributed by atoms with E-state index in [1.54, 1.807) is 22.9 Å². The van der Waals surface area contributed by atoms with Crippen LogP contribution in [0.4, 0.5) is 4.79 Å². The van der Waals surface area contributed by atoms with Crippen molar-refractivity contribution in [1.29, 1.82) is 0 Å². The molecule has 0 spiro atoms. The van der Waals surface area contributed by atoms with E-state index in [-0.39, 0.29) is 0 Å². The van der Waals surface area contributed by atoms with Gasteiger partial charge in [0, 0.05) is 17.5 Å². The number of aromatic nitrogens is 2. The summed E-state index contributed by atoms with van der Waals surface area (Å²) in [5.74, 6) is -1.36. The van der Waals surface area contributed by atoms with Crippen molar-refractivity contribution >= 4 is 51.1 Å². The number of carbonyl (C=O) groups excluding carboxylic acids is 3. The highest BCUT2D eigenvalue weighted by atomic mass is 35.5. The van der Waals surface area contributed by atoms with Crippen LogP contribution in [0.25, 0.3) is 15.9 Å². The molecule has 0 radical (unpaired) electrons. The fourth-order valence-corrected chi connectivity index (χ4v) is 3.65. The summed E-state index contributed by atoms with van der Waals surface area (Å²) in [4.78, 5) is 36.6. The van der Waals surface area contributed by atoms with Crippen molar-refractivity contribution in [2.24, 2.45) is 0 Å². The highest BCUT2D eigenvalue weighted by Crippen LogP contribution is 2.31. The molecule has 146 valence electrons. The van der Waals surface area contributed by atoms with E-state index in [2.05, 4.69) is 15.7 Å². The molecule has 0 aliphatic rings. The zero-order chi connectivity index (χ0) is 20.4. The molecule has 0 aliphatic carbocycles. The minimum absolute atomic E-state index is 0.331. The van der Waals surface area contributed by atoms with Crippen LogP contribution in [0.3, 0.4) is 0 Å². The van der Waals surface area contributed by atoms with Gasteiger partial charge in [-0.15, -0.1) is 11.3 Å². The first-order chi connectivity index (χ1) is 13.3. The second kappa shape index (κ2) is 7.99. The second-order valence-electron chi connectivity index (χ2n) is 5.92. The van der Waals surface area contributed by atoms with Crippen LogP contribution in [0.15, 0.2) is 30.3 Å². The number of nitrogens with zero attached hydrogens (tertiary/aromatic N) is 2. The first-order valence-corrected chi connectivity index (χ1v) is 9.48. The lowest BCUT2D eigenvalue weighted by atomic mass is 10.3. The molecule has 3 amide bonds. The van der Waals surface area contributed by atoms with Gasteiger partial charge in [0.1, 0.15) is 9.71 Å². The molecule has 2 aromatic heterocycles. The first kappa shape index (κ1) is 19.8. The lowest BCUT2D eigenvalue weighted by Gasteiger charge is -2.11. The summed E-state index contributed by atoms with van der Waals surface area (Å²) in [6.45, 7) is 3.24. The van der Waals surface area contributed by atoms with Gasteiger partial charge in [-0.2, -0.15) is 5.10 Å². The Balaban J connectivity index is 1.83. The number of benzene rings is 1. The van der Waals surface area contributed by atoms with Crippen molar-refractivity contribution in [2.45, 2.75) is 20.0 Å². The maximum atomic E-state index is 12.4. The number of halogens is 1. The number of imide groups is 1. The summed E-state index contributed by atoms with van der Waals surface area (Å²) in [5, 5.41) is 10.3. The molecule has 0 aliphatic heterocycles. The smallest absolute Gasteiger partial charge is 0.349 e. The molecular weight excluding hydrogens is 404 g/mol. The van der Waals surface area contributed by atoms with Crippen molar-refractivity contribution in [3.63, 3.8) is 0 Å². The molecule has 28 heavy (non-hydrogen) atoms. The Morgan fingerprint density at radius 2 is 1.93 bits per heavy atom. The van der Waals surface area contributed by atoms with Crippen LogP contribution in [0.1, 0.15) is 22.3 Å². The Bertz CT molecular complexity index is 1060. The summed E-state index contributed by atoms with van der Waals surface area (Å²) in [7, 11) is 1.38. The van der Waals surface area contributed by atoms with Crippen LogP contribution in [0.2, 0.25) is 5.02 Å². The van der Waals surface area contributed by atoms with Crippen molar-refractivity contribution in [1.82, 2.24) is 20.4 Å². The lowest BCUT2D eigenvalue weighted by Crippen LogP contribution is -2.43. The normalized spacial score (nSPS) is 11.9. The summed E-state index contributed by atoms with van der Waals surface area (Å²) < 4.78 is 6.90. The Hall–Kier alpha value is -2.91. The van der Waals surface area contributed by atoms with E-state index >= 15 is 0 Å². The molecule has 1 atom stereocenters. The predicted molar refractivity (Wildman–Crippen MR) is 106 cm³/mol. The average Bonchev–Trinajstić information content (AvgIpc) is 3.23. The van der Waals surface area contributed by atoms with Gasteiger partial charge in [-0.3, -0.25) is 10.1 Å². The number of esters is 1. The van der Waals surface area contributed by atoms with Gasteiger partial charge in [0.25, 0.3) is 5.91 Å². The Morgan fingerprint density at radius 3 is 2.57 bits per heavy atom. The number of ether oxygens (including phenoxy) is 1. The van der Waals surface area contributed by atoms with Gasteiger partial charge < -0.3 is 10.1 Å². The molecule has 8 nitrogen and oxygen atoms in total. The SMILES string of the molecule is CNC(=O)NC(=O)C(C)OC(=O)c1cc2c(C)nn(-c3ccc(Cl)cc3)c2s1. The van der Waals surface area contributed by atoms with E-state index in [0.717, 1.165) is 21.6 Å². The molecule has 10 heteroatoms. The summed E-state index contributed by atoms with van der Waals surface area (Å²) in [5.41, 5.74) is 1.56. The molecule has 0 saturated heterocycles. The number of aryl methyl sites for hydroxylation is 1. The van der Waals surface area contributed by atoms with E-state index in [9.17, 15) is 14.4 Å². The Labute approximate surface area is 169 Å². The largest absolute Gasteiger partial charge is 0.448 e. The summed E-state index contributed by atoms with van der Waals surface area (Å²) in [6.07, 6.45) is -1.12. The number of nitrogens with one attached hydrogen (secondary N) is 2. The predicted octanol–water partition coefficient (Wildman–Crippen LogP) is 3.05. The van der Waals surface area contributed by atoms with Gasteiger partial charge in [0.05, 0.1) is 11.4 Å². The zero-order valence-electron chi connectivity index (χ0n) is 15.3. The molecule has 3 rings (SSSR count). The highest BCUT2D eigenvalue weighted by molar-refractivity contribution is 7.20. The number of thiophene rings is 1. The maximum absolute atomic E-state index is 12.4. The molecule has 2 heterocycles. The van der Waals surface area contributed by atoms with E-state index < -0.39 is 24.0 Å². The van der Waals surface area contributed by atoms with Crippen molar-refractivity contribution < 1.29 is 19.1 Å². The van der Waals surface area contributed by atoms with Gasteiger partial charge in [-0.05, 0) is 44.2 Å². The topological polar surface area (TPSA) is 102 Å². The maximum Gasteiger partial charge on any atom is 0.349 e. The highest BCUT2D eigenvalue weighted by Gasteiger charge is 2.23. The Morgan fingerprint density at radius 1 is 1.25 bits per heavy atom. The van der Waals surface area contributed by atoms with Gasteiger partial charge in [-0.25, -0.2) is 14.3 Å². The molecule has 3 aromatic rings. The van der Waals surface area contributed by atoms with Crippen molar-refractivity contribution in [2.75, 3.05) is 7.05 Å². The van der Waals surface area contributed by atoms with Gasteiger partial charge in [0.2, 0.25) is 0 Å². The molecule has 0 fully saturated rings. The summed E-state index contributed by atoms with van der Waals surface area (Å²) in [6, 6.07) is 8.19. The van der Waals surface area contributed by atoms with Gasteiger partial charge >= 0.3 is 12.0 Å². The third-order valence-corrected chi connectivity index (χ3v) is 5.28. The fourth-order valence-electron chi connectivity index (χ4n) is 2.45. The average molecular weight is 421 g/mol. The molecule has 2 N–H and O–H groups in total.